The first-order valence-electron chi connectivity index (χ1n) is 3.77. The summed E-state index contributed by atoms with van der Waals surface area (Å²) < 4.78 is 12.4. The molecule has 1 aromatic rings. The second kappa shape index (κ2) is 4.61. The molecule has 0 spiro atoms. The van der Waals surface area contributed by atoms with Gasteiger partial charge in [0.15, 0.2) is 0 Å². The second-order valence-corrected chi connectivity index (χ2v) is 3.08. The molecule has 1 aromatic heterocycles. The Morgan fingerprint density at radius 1 is 1.64 bits per heavy atom. The minimum absolute atomic E-state index is 0.0472. The lowest BCUT2D eigenvalue weighted by Gasteiger charge is -2.02. The van der Waals surface area contributed by atoms with Crippen LogP contribution in [0, 0.1) is 5.82 Å². The maximum absolute atomic E-state index is 12.4. The van der Waals surface area contributed by atoms with Crippen LogP contribution in [0.1, 0.15) is 6.42 Å². The lowest BCUT2D eigenvalue weighted by Crippen LogP contribution is -2.20. The normalized spacial score (nSPS) is 9.50. The highest BCUT2D eigenvalue weighted by molar-refractivity contribution is 7.80. The first kappa shape index (κ1) is 10.5. The molecule has 74 valence electrons. The number of carbonyl (C=O) groups excluding carboxylic acids is 1. The standard InChI is InChI=1S/C8H8FN3OS/c9-5-1-2-7(11-4-5)12-8(13)3-6(10)14/h1-2,4H,3H2,(H2,10,14)(H,11,12,13). The van der Waals surface area contributed by atoms with E-state index in [0.29, 0.717) is 0 Å². The molecule has 0 fully saturated rings. The van der Waals surface area contributed by atoms with Crippen molar-refractivity contribution in [2.24, 2.45) is 5.73 Å². The minimum atomic E-state index is -0.461. The second-order valence-electron chi connectivity index (χ2n) is 2.55. The predicted octanol–water partition coefficient (Wildman–Crippen LogP) is 0.835. The maximum Gasteiger partial charge on any atom is 0.232 e. The highest BCUT2D eigenvalue weighted by Gasteiger charge is 2.04. The average Bonchev–Trinajstić information content (AvgIpc) is 2.07. The zero-order valence-corrected chi connectivity index (χ0v) is 7.97. The van der Waals surface area contributed by atoms with Crippen LogP contribution < -0.4 is 11.1 Å². The van der Waals surface area contributed by atoms with Gasteiger partial charge in [0.25, 0.3) is 0 Å². The van der Waals surface area contributed by atoms with E-state index in [0.717, 1.165) is 6.20 Å². The Bertz CT molecular complexity index is 352. The van der Waals surface area contributed by atoms with Crippen LogP contribution in [0.2, 0.25) is 0 Å². The Balaban J connectivity index is 2.56. The third-order valence-electron chi connectivity index (χ3n) is 1.33. The van der Waals surface area contributed by atoms with Crippen molar-refractivity contribution in [1.29, 1.82) is 0 Å². The molecule has 14 heavy (non-hydrogen) atoms. The lowest BCUT2D eigenvalue weighted by molar-refractivity contribution is -0.115. The molecule has 1 heterocycles. The van der Waals surface area contributed by atoms with Gasteiger partial charge in [0.1, 0.15) is 11.6 Å². The van der Waals surface area contributed by atoms with Gasteiger partial charge in [-0.2, -0.15) is 0 Å². The highest BCUT2D eigenvalue weighted by Crippen LogP contribution is 2.03. The number of nitrogens with one attached hydrogen (secondary N) is 1. The molecule has 0 bridgehead atoms. The number of thiocarbonyl (C=S) groups is 1. The summed E-state index contributed by atoms with van der Waals surface area (Å²) in [5, 5.41) is 2.42. The summed E-state index contributed by atoms with van der Waals surface area (Å²) in [6.45, 7) is 0. The molecule has 0 aromatic carbocycles. The van der Waals surface area contributed by atoms with Gasteiger partial charge in [-0.3, -0.25) is 4.79 Å². The predicted molar refractivity (Wildman–Crippen MR) is 54.2 cm³/mol. The van der Waals surface area contributed by atoms with Crippen LogP contribution in [0.3, 0.4) is 0 Å². The van der Waals surface area contributed by atoms with Crippen LogP contribution in [0.25, 0.3) is 0 Å². The molecule has 6 heteroatoms. The van der Waals surface area contributed by atoms with Crippen LogP contribution >= 0.6 is 12.2 Å². The zero-order chi connectivity index (χ0) is 10.6. The zero-order valence-electron chi connectivity index (χ0n) is 7.16. The van der Waals surface area contributed by atoms with Crippen LogP contribution in [0.15, 0.2) is 18.3 Å². The van der Waals surface area contributed by atoms with E-state index in [2.05, 4.69) is 22.5 Å². The number of nitrogens with two attached hydrogens (primary N) is 1. The minimum Gasteiger partial charge on any atom is -0.393 e. The molecule has 4 nitrogen and oxygen atoms in total. The number of halogens is 1. The lowest BCUT2D eigenvalue weighted by atomic mass is 10.4. The van der Waals surface area contributed by atoms with E-state index >= 15 is 0 Å². The van der Waals surface area contributed by atoms with Crippen LogP contribution in [-0.2, 0) is 4.79 Å². The summed E-state index contributed by atoms with van der Waals surface area (Å²) in [5.74, 6) is -0.554. The van der Waals surface area contributed by atoms with Crippen LogP contribution in [0.5, 0.6) is 0 Å². The number of carbonyl (C=O) groups is 1. The van der Waals surface area contributed by atoms with E-state index in [1.54, 1.807) is 0 Å². The SMILES string of the molecule is NC(=S)CC(=O)Nc1ccc(F)cn1. The first-order chi connectivity index (χ1) is 6.58. The van der Waals surface area contributed by atoms with E-state index in [4.69, 9.17) is 5.73 Å². The van der Waals surface area contributed by atoms with Gasteiger partial charge in [0.05, 0.1) is 17.6 Å². The van der Waals surface area contributed by atoms with Gasteiger partial charge in [0.2, 0.25) is 5.91 Å². The molecule has 0 saturated heterocycles. The van der Waals surface area contributed by atoms with E-state index in [1.165, 1.54) is 12.1 Å². The van der Waals surface area contributed by atoms with E-state index in [9.17, 15) is 9.18 Å². The molecule has 3 N–H and O–H groups in total. The topological polar surface area (TPSA) is 68.0 Å². The largest absolute Gasteiger partial charge is 0.393 e. The fraction of sp³-hybridized carbons (Fsp3) is 0.125. The Hall–Kier alpha value is -1.56. The molecular weight excluding hydrogens is 205 g/mol. The number of hydrogen-bond acceptors (Lipinski definition) is 3. The van der Waals surface area contributed by atoms with Gasteiger partial charge in [-0.25, -0.2) is 9.37 Å². The van der Waals surface area contributed by atoms with Crippen LogP contribution in [0.4, 0.5) is 10.2 Å². The van der Waals surface area contributed by atoms with Crippen molar-refractivity contribution >= 4 is 28.9 Å². The van der Waals surface area contributed by atoms with Crippen molar-refractivity contribution in [1.82, 2.24) is 4.98 Å². The summed E-state index contributed by atoms with van der Waals surface area (Å²) in [6.07, 6.45) is 0.963. The Morgan fingerprint density at radius 2 is 2.36 bits per heavy atom. The van der Waals surface area contributed by atoms with E-state index < -0.39 is 5.82 Å². The van der Waals surface area contributed by atoms with Crippen molar-refractivity contribution in [3.05, 3.63) is 24.1 Å². The third kappa shape index (κ3) is 3.44. The number of aromatic nitrogens is 1. The highest BCUT2D eigenvalue weighted by atomic mass is 32.1. The van der Waals surface area contributed by atoms with E-state index in [-0.39, 0.29) is 23.1 Å². The third-order valence-corrected chi connectivity index (χ3v) is 1.47. The van der Waals surface area contributed by atoms with Crippen LogP contribution in [-0.4, -0.2) is 15.9 Å². The van der Waals surface area contributed by atoms with Gasteiger partial charge in [-0.1, -0.05) is 12.2 Å². The molecule has 0 saturated carbocycles. The maximum atomic E-state index is 12.4. The first-order valence-corrected chi connectivity index (χ1v) is 4.18. The van der Waals surface area contributed by atoms with Crippen molar-refractivity contribution in [2.75, 3.05) is 5.32 Å². The number of hydrogen-bond donors (Lipinski definition) is 2. The quantitative estimate of drug-likeness (QED) is 0.730. The molecule has 1 amide bonds. The number of amides is 1. The van der Waals surface area contributed by atoms with Gasteiger partial charge >= 0.3 is 0 Å². The molecule has 0 aliphatic heterocycles. The summed E-state index contributed by atoms with van der Waals surface area (Å²) in [4.78, 5) is 14.8. The monoisotopic (exact) mass is 213 g/mol. The molecular formula is C8H8FN3OS. The molecule has 0 atom stereocenters. The average molecular weight is 213 g/mol. The molecule has 0 radical (unpaired) electrons. The number of anilines is 1. The summed E-state index contributed by atoms with van der Waals surface area (Å²) >= 11 is 4.55. The van der Waals surface area contributed by atoms with E-state index in [1.807, 2.05) is 0 Å². The summed E-state index contributed by atoms with van der Waals surface area (Å²) in [5.41, 5.74) is 5.16. The van der Waals surface area contributed by atoms with Crippen molar-refractivity contribution in [3.8, 4) is 0 Å². The van der Waals surface area contributed by atoms with Gasteiger partial charge in [0, 0.05) is 0 Å². The van der Waals surface area contributed by atoms with Gasteiger partial charge in [-0.15, -0.1) is 0 Å². The van der Waals surface area contributed by atoms with Crippen molar-refractivity contribution in [2.45, 2.75) is 6.42 Å². The number of rotatable bonds is 3. The Labute approximate surface area is 85.3 Å². The number of nitrogens with zero attached hydrogens (tertiary/aromatic N) is 1. The number of pyridine rings is 1. The van der Waals surface area contributed by atoms with Crippen molar-refractivity contribution in [3.63, 3.8) is 0 Å². The fourth-order valence-corrected chi connectivity index (χ4v) is 0.926. The molecule has 0 aliphatic carbocycles. The van der Waals surface area contributed by atoms with Gasteiger partial charge < -0.3 is 11.1 Å². The summed E-state index contributed by atoms with van der Waals surface area (Å²) in [7, 11) is 0. The molecule has 0 unspecified atom stereocenters. The Morgan fingerprint density at radius 3 is 2.86 bits per heavy atom. The van der Waals surface area contributed by atoms with Gasteiger partial charge in [-0.05, 0) is 12.1 Å². The molecule has 1 rings (SSSR count). The smallest absolute Gasteiger partial charge is 0.232 e. The summed E-state index contributed by atoms with van der Waals surface area (Å²) in [6, 6.07) is 2.55. The van der Waals surface area contributed by atoms with Crippen molar-refractivity contribution < 1.29 is 9.18 Å². The fourth-order valence-electron chi connectivity index (χ4n) is 0.795. The Kier molecular flexibility index (Phi) is 3.47. The molecule has 0 aliphatic rings.